The fraction of sp³-hybridized carbons (Fsp3) is 0. The third-order valence-corrected chi connectivity index (χ3v) is 2.43. The molecule has 2 rings (SSSR count). The Morgan fingerprint density at radius 2 is 1.65 bits per heavy atom. The van der Waals surface area contributed by atoms with Gasteiger partial charge in [-0.15, -0.1) is 0 Å². The number of nitrogens with two attached hydrogens (primary N) is 2. The number of anilines is 2. The molecule has 0 heterocycles. The number of ketones is 1. The number of hydrogen-bond acceptors (Lipinski definition) is 3. The minimum atomic E-state index is -0.383. The molecule has 3 nitrogen and oxygen atoms in total. The van der Waals surface area contributed by atoms with Gasteiger partial charge < -0.3 is 11.5 Å². The van der Waals surface area contributed by atoms with Crippen molar-refractivity contribution in [3.63, 3.8) is 0 Å². The van der Waals surface area contributed by atoms with Crippen LogP contribution < -0.4 is 11.5 Å². The number of carbonyl (C=O) groups excluding carboxylic acids is 1. The van der Waals surface area contributed by atoms with Crippen LogP contribution in [0.25, 0.3) is 0 Å². The van der Waals surface area contributed by atoms with E-state index in [0.717, 1.165) is 0 Å². The van der Waals surface area contributed by atoms with Crippen LogP contribution in [0.4, 0.5) is 15.8 Å². The summed E-state index contributed by atoms with van der Waals surface area (Å²) >= 11 is 0. The Bertz CT molecular complexity index is 564. The van der Waals surface area contributed by atoms with Crippen molar-refractivity contribution in [3.8, 4) is 0 Å². The van der Waals surface area contributed by atoms with Gasteiger partial charge >= 0.3 is 0 Å². The minimum absolute atomic E-state index is 0.248. The average Bonchev–Trinajstić information content (AvgIpc) is 2.29. The van der Waals surface area contributed by atoms with Gasteiger partial charge in [0.2, 0.25) is 0 Å². The molecular weight excluding hydrogens is 219 g/mol. The van der Waals surface area contributed by atoms with Crippen molar-refractivity contribution in [3.05, 3.63) is 59.4 Å². The van der Waals surface area contributed by atoms with Crippen molar-refractivity contribution in [2.24, 2.45) is 0 Å². The molecule has 0 aliphatic carbocycles. The van der Waals surface area contributed by atoms with Gasteiger partial charge in [-0.3, -0.25) is 4.79 Å². The average molecular weight is 230 g/mol. The van der Waals surface area contributed by atoms with E-state index in [4.69, 9.17) is 11.5 Å². The summed E-state index contributed by atoms with van der Waals surface area (Å²) < 4.78 is 12.7. The second-order valence-electron chi connectivity index (χ2n) is 3.68. The van der Waals surface area contributed by atoms with Crippen molar-refractivity contribution >= 4 is 17.2 Å². The topological polar surface area (TPSA) is 69.1 Å². The highest BCUT2D eigenvalue weighted by Crippen LogP contribution is 2.19. The smallest absolute Gasteiger partial charge is 0.195 e. The summed E-state index contributed by atoms with van der Waals surface area (Å²) in [5, 5.41) is 0. The molecule has 0 aliphatic heterocycles. The Morgan fingerprint density at radius 1 is 1.00 bits per heavy atom. The highest BCUT2D eigenvalue weighted by molar-refractivity contribution is 6.12. The first-order valence-electron chi connectivity index (χ1n) is 5.03. The Kier molecular flexibility index (Phi) is 2.78. The predicted molar refractivity (Wildman–Crippen MR) is 65.1 cm³/mol. The van der Waals surface area contributed by atoms with Gasteiger partial charge in [-0.1, -0.05) is 0 Å². The molecule has 0 radical (unpaired) electrons. The Labute approximate surface area is 97.9 Å². The van der Waals surface area contributed by atoms with E-state index in [2.05, 4.69) is 0 Å². The molecule has 0 unspecified atom stereocenters. The maximum absolute atomic E-state index is 12.7. The lowest BCUT2D eigenvalue weighted by molar-refractivity contribution is 0.103. The number of rotatable bonds is 2. The summed E-state index contributed by atoms with van der Waals surface area (Å²) in [4.78, 5) is 12.0. The van der Waals surface area contributed by atoms with E-state index in [1.54, 1.807) is 12.1 Å². The Morgan fingerprint density at radius 3 is 2.24 bits per heavy atom. The van der Waals surface area contributed by atoms with E-state index >= 15 is 0 Å². The van der Waals surface area contributed by atoms with Crippen LogP contribution in [0.1, 0.15) is 15.9 Å². The second-order valence-corrected chi connectivity index (χ2v) is 3.68. The second kappa shape index (κ2) is 4.25. The van der Waals surface area contributed by atoms with E-state index < -0.39 is 0 Å². The standard InChI is InChI=1S/C13H11FN2O/c14-9-3-1-8(2-4-9)13(17)11-6-5-10(15)7-12(11)16/h1-7H,15-16H2. The number of halogens is 1. The maximum atomic E-state index is 12.7. The molecule has 4 N–H and O–H groups in total. The SMILES string of the molecule is Nc1ccc(C(=O)c2ccc(F)cc2)c(N)c1. The summed E-state index contributed by atoms with van der Waals surface area (Å²) in [5.74, 6) is -0.630. The third-order valence-electron chi connectivity index (χ3n) is 2.43. The Hall–Kier alpha value is -2.36. The van der Waals surface area contributed by atoms with Crippen molar-refractivity contribution in [1.82, 2.24) is 0 Å². The molecule has 0 saturated heterocycles. The van der Waals surface area contributed by atoms with Crippen molar-refractivity contribution in [2.45, 2.75) is 0 Å². The fourth-order valence-electron chi connectivity index (χ4n) is 1.54. The molecule has 2 aromatic carbocycles. The van der Waals surface area contributed by atoms with Crippen LogP contribution >= 0.6 is 0 Å². The summed E-state index contributed by atoms with van der Waals surface area (Å²) in [6, 6.07) is 10.0. The monoisotopic (exact) mass is 230 g/mol. The quantitative estimate of drug-likeness (QED) is 0.614. The molecule has 17 heavy (non-hydrogen) atoms. The van der Waals surface area contributed by atoms with E-state index in [9.17, 15) is 9.18 Å². The molecule has 0 bridgehead atoms. The summed E-state index contributed by atoms with van der Waals surface area (Å²) in [6.45, 7) is 0. The molecule has 0 atom stereocenters. The van der Waals surface area contributed by atoms with Crippen LogP contribution in [-0.4, -0.2) is 5.78 Å². The molecule has 0 amide bonds. The number of hydrogen-bond donors (Lipinski definition) is 2. The van der Waals surface area contributed by atoms with Crippen LogP contribution in [0.3, 0.4) is 0 Å². The van der Waals surface area contributed by atoms with E-state index in [-0.39, 0.29) is 11.6 Å². The lowest BCUT2D eigenvalue weighted by Crippen LogP contribution is -2.06. The fourth-order valence-corrected chi connectivity index (χ4v) is 1.54. The molecule has 4 heteroatoms. The summed E-state index contributed by atoms with van der Waals surface area (Å²) in [7, 11) is 0. The van der Waals surface area contributed by atoms with Gasteiger partial charge in [0.1, 0.15) is 5.82 Å². The zero-order chi connectivity index (χ0) is 12.4. The Balaban J connectivity index is 2.40. The lowest BCUT2D eigenvalue weighted by atomic mass is 10.0. The lowest BCUT2D eigenvalue weighted by Gasteiger charge is -2.05. The first-order valence-corrected chi connectivity index (χ1v) is 5.03. The van der Waals surface area contributed by atoms with Crippen LogP contribution in [0.5, 0.6) is 0 Å². The molecule has 0 saturated carbocycles. The molecule has 86 valence electrons. The highest BCUT2D eigenvalue weighted by Gasteiger charge is 2.12. The van der Waals surface area contributed by atoms with Gasteiger partial charge in [-0.2, -0.15) is 0 Å². The van der Waals surface area contributed by atoms with Crippen LogP contribution in [0.2, 0.25) is 0 Å². The molecule has 2 aromatic rings. The minimum Gasteiger partial charge on any atom is -0.399 e. The summed E-state index contributed by atoms with van der Waals surface area (Å²) in [5.41, 5.74) is 12.8. The van der Waals surface area contributed by atoms with Gasteiger partial charge in [-0.05, 0) is 42.5 Å². The molecule has 0 spiro atoms. The largest absolute Gasteiger partial charge is 0.399 e. The van der Waals surface area contributed by atoms with Gasteiger partial charge in [0, 0.05) is 22.5 Å². The molecular formula is C13H11FN2O. The van der Waals surface area contributed by atoms with Gasteiger partial charge in [-0.25, -0.2) is 4.39 Å². The van der Waals surface area contributed by atoms with E-state index in [0.29, 0.717) is 22.5 Å². The maximum Gasteiger partial charge on any atom is 0.195 e. The van der Waals surface area contributed by atoms with Crippen molar-refractivity contribution in [1.29, 1.82) is 0 Å². The molecule has 0 fully saturated rings. The third kappa shape index (κ3) is 2.25. The number of nitrogen functional groups attached to an aromatic ring is 2. The van der Waals surface area contributed by atoms with E-state index in [1.807, 2.05) is 0 Å². The molecule has 0 aliphatic rings. The first kappa shape index (κ1) is 11.1. The van der Waals surface area contributed by atoms with Gasteiger partial charge in [0.25, 0.3) is 0 Å². The normalized spacial score (nSPS) is 10.2. The predicted octanol–water partition coefficient (Wildman–Crippen LogP) is 2.22. The van der Waals surface area contributed by atoms with Gasteiger partial charge in [0.15, 0.2) is 5.78 Å². The zero-order valence-corrected chi connectivity index (χ0v) is 8.98. The van der Waals surface area contributed by atoms with Crippen LogP contribution in [-0.2, 0) is 0 Å². The zero-order valence-electron chi connectivity index (χ0n) is 8.98. The first-order chi connectivity index (χ1) is 8.08. The number of carbonyl (C=O) groups is 1. The van der Waals surface area contributed by atoms with Crippen molar-refractivity contribution in [2.75, 3.05) is 11.5 Å². The van der Waals surface area contributed by atoms with Crippen molar-refractivity contribution < 1.29 is 9.18 Å². The van der Waals surface area contributed by atoms with Gasteiger partial charge in [0.05, 0.1) is 0 Å². The highest BCUT2D eigenvalue weighted by atomic mass is 19.1. The van der Waals surface area contributed by atoms with E-state index in [1.165, 1.54) is 30.3 Å². The molecule has 0 aromatic heterocycles. The van der Waals surface area contributed by atoms with Crippen LogP contribution in [0, 0.1) is 5.82 Å². The summed E-state index contributed by atoms with van der Waals surface area (Å²) in [6.07, 6.45) is 0. The van der Waals surface area contributed by atoms with Crippen LogP contribution in [0.15, 0.2) is 42.5 Å². The number of benzene rings is 2.